The summed E-state index contributed by atoms with van der Waals surface area (Å²) in [6.45, 7) is 7.97. The molecule has 28 heavy (non-hydrogen) atoms. The first-order valence-corrected chi connectivity index (χ1v) is 9.55. The first-order valence-electron chi connectivity index (χ1n) is 9.55. The zero-order valence-electron chi connectivity index (χ0n) is 17.0. The number of amides is 1. The van der Waals surface area contributed by atoms with E-state index >= 15 is 0 Å². The van der Waals surface area contributed by atoms with E-state index in [0.29, 0.717) is 25.1 Å². The molecule has 1 aromatic rings. The fourth-order valence-corrected chi connectivity index (χ4v) is 3.07. The van der Waals surface area contributed by atoms with Crippen LogP contribution < -0.4 is 15.2 Å². The van der Waals surface area contributed by atoms with E-state index < -0.39 is 24.9 Å². The van der Waals surface area contributed by atoms with Gasteiger partial charge in [0.25, 0.3) is 0 Å². The maximum atomic E-state index is 12.4. The zero-order valence-corrected chi connectivity index (χ0v) is 17.0. The van der Waals surface area contributed by atoms with Crippen molar-refractivity contribution in [3.63, 3.8) is 0 Å². The highest BCUT2D eigenvalue weighted by Gasteiger charge is 2.23. The van der Waals surface area contributed by atoms with Gasteiger partial charge in [0.15, 0.2) is 11.5 Å². The highest BCUT2D eigenvalue weighted by molar-refractivity contribution is 5.75. The fraction of sp³-hybridized carbons (Fsp3) is 0.600. The normalized spacial score (nSPS) is 14.5. The third-order valence-electron chi connectivity index (χ3n) is 4.49. The van der Waals surface area contributed by atoms with Crippen molar-refractivity contribution >= 4 is 12.1 Å². The van der Waals surface area contributed by atoms with Gasteiger partial charge in [0, 0.05) is 12.6 Å². The van der Waals surface area contributed by atoms with Crippen molar-refractivity contribution in [1.29, 1.82) is 0 Å². The van der Waals surface area contributed by atoms with Crippen molar-refractivity contribution < 1.29 is 28.5 Å². The maximum Gasteiger partial charge on any atom is 0.412 e. The SMILES string of the molecule is CCN(C(=O)OCOC(=O)C(N)CC(C)C)C(C)Cc1ccc2c(c1)OCO2. The second kappa shape index (κ2) is 10.2. The Balaban J connectivity index is 1.82. The molecule has 1 aliphatic rings. The van der Waals surface area contributed by atoms with Crippen LogP contribution in [0.2, 0.25) is 0 Å². The van der Waals surface area contributed by atoms with Gasteiger partial charge in [0.2, 0.25) is 13.6 Å². The molecule has 2 atom stereocenters. The summed E-state index contributed by atoms with van der Waals surface area (Å²) >= 11 is 0. The van der Waals surface area contributed by atoms with Gasteiger partial charge in [-0.25, -0.2) is 4.79 Å². The number of nitrogens with two attached hydrogens (primary N) is 1. The largest absolute Gasteiger partial charge is 0.454 e. The van der Waals surface area contributed by atoms with Gasteiger partial charge in [-0.05, 0) is 50.3 Å². The molecule has 0 spiro atoms. The van der Waals surface area contributed by atoms with Crippen molar-refractivity contribution in [3.8, 4) is 11.5 Å². The molecule has 156 valence electrons. The minimum absolute atomic E-state index is 0.114. The molecular formula is C20H30N2O6. The second-order valence-corrected chi connectivity index (χ2v) is 7.25. The summed E-state index contributed by atoms with van der Waals surface area (Å²) in [4.78, 5) is 25.7. The van der Waals surface area contributed by atoms with Crippen LogP contribution in [0.5, 0.6) is 11.5 Å². The third kappa shape index (κ3) is 6.02. The lowest BCUT2D eigenvalue weighted by Crippen LogP contribution is -2.41. The maximum absolute atomic E-state index is 12.4. The van der Waals surface area contributed by atoms with Crippen LogP contribution in [0.15, 0.2) is 18.2 Å². The van der Waals surface area contributed by atoms with Crippen molar-refractivity contribution in [3.05, 3.63) is 23.8 Å². The third-order valence-corrected chi connectivity index (χ3v) is 4.49. The van der Waals surface area contributed by atoms with Gasteiger partial charge in [0.1, 0.15) is 6.04 Å². The van der Waals surface area contributed by atoms with Crippen LogP contribution in [0.4, 0.5) is 4.79 Å². The number of nitrogens with zero attached hydrogens (tertiary/aromatic N) is 1. The highest BCUT2D eigenvalue weighted by atomic mass is 16.7. The summed E-state index contributed by atoms with van der Waals surface area (Å²) in [5.41, 5.74) is 6.77. The van der Waals surface area contributed by atoms with E-state index in [1.54, 1.807) is 4.90 Å². The Morgan fingerprint density at radius 1 is 1.18 bits per heavy atom. The molecule has 1 heterocycles. The number of rotatable bonds is 9. The average molecular weight is 394 g/mol. The lowest BCUT2D eigenvalue weighted by atomic mass is 10.1. The Morgan fingerprint density at radius 3 is 2.57 bits per heavy atom. The molecule has 2 N–H and O–H groups in total. The van der Waals surface area contributed by atoms with Crippen LogP contribution in [0.1, 0.15) is 39.7 Å². The van der Waals surface area contributed by atoms with Crippen LogP contribution in [0.3, 0.4) is 0 Å². The van der Waals surface area contributed by atoms with E-state index in [4.69, 9.17) is 24.7 Å². The molecule has 0 saturated carbocycles. The molecule has 0 aromatic heterocycles. The summed E-state index contributed by atoms with van der Waals surface area (Å²) in [5, 5.41) is 0. The molecule has 0 aliphatic carbocycles. The van der Waals surface area contributed by atoms with Gasteiger partial charge in [-0.1, -0.05) is 19.9 Å². The Kier molecular flexibility index (Phi) is 7.92. The lowest BCUT2D eigenvalue weighted by molar-refractivity contribution is -0.154. The molecule has 2 unspecified atom stereocenters. The average Bonchev–Trinajstić information content (AvgIpc) is 3.09. The molecule has 1 aromatic carbocycles. The van der Waals surface area contributed by atoms with E-state index in [2.05, 4.69) is 0 Å². The second-order valence-electron chi connectivity index (χ2n) is 7.25. The lowest BCUT2D eigenvalue weighted by Gasteiger charge is -2.27. The van der Waals surface area contributed by atoms with Crippen LogP contribution in [-0.4, -0.2) is 49.2 Å². The van der Waals surface area contributed by atoms with Gasteiger partial charge in [0.05, 0.1) is 0 Å². The van der Waals surface area contributed by atoms with E-state index in [-0.39, 0.29) is 18.8 Å². The van der Waals surface area contributed by atoms with Crippen LogP contribution in [0.25, 0.3) is 0 Å². The predicted octanol–water partition coefficient (Wildman–Crippen LogP) is 2.68. The number of fused-ring (bicyclic) bond motifs is 1. The summed E-state index contributed by atoms with van der Waals surface area (Å²) in [5.74, 6) is 1.14. The van der Waals surface area contributed by atoms with Crippen molar-refractivity contribution in [2.24, 2.45) is 11.7 Å². The van der Waals surface area contributed by atoms with Crippen LogP contribution in [-0.2, 0) is 20.7 Å². The quantitative estimate of drug-likeness (QED) is 0.508. The smallest absolute Gasteiger partial charge is 0.412 e. The molecule has 0 bridgehead atoms. The number of hydrogen-bond acceptors (Lipinski definition) is 7. The number of ether oxygens (including phenoxy) is 4. The Morgan fingerprint density at radius 2 is 1.89 bits per heavy atom. The van der Waals surface area contributed by atoms with Gasteiger partial charge < -0.3 is 29.6 Å². The topological polar surface area (TPSA) is 100 Å². The molecule has 8 nitrogen and oxygen atoms in total. The molecule has 0 saturated heterocycles. The van der Waals surface area contributed by atoms with Crippen molar-refractivity contribution in [2.75, 3.05) is 20.1 Å². The van der Waals surface area contributed by atoms with E-state index in [0.717, 1.165) is 11.3 Å². The van der Waals surface area contributed by atoms with Crippen molar-refractivity contribution in [1.82, 2.24) is 4.90 Å². The number of carbonyl (C=O) groups is 2. The Hall–Kier alpha value is -2.48. The van der Waals surface area contributed by atoms with E-state index in [1.165, 1.54) is 0 Å². The monoisotopic (exact) mass is 394 g/mol. The van der Waals surface area contributed by atoms with Gasteiger partial charge in [-0.15, -0.1) is 0 Å². The summed E-state index contributed by atoms with van der Waals surface area (Å²) in [7, 11) is 0. The van der Waals surface area contributed by atoms with Gasteiger partial charge in [-0.2, -0.15) is 0 Å². The number of esters is 1. The summed E-state index contributed by atoms with van der Waals surface area (Å²) < 4.78 is 20.7. The highest BCUT2D eigenvalue weighted by Crippen LogP contribution is 2.33. The minimum Gasteiger partial charge on any atom is -0.454 e. The molecule has 2 rings (SSSR count). The fourth-order valence-electron chi connectivity index (χ4n) is 3.07. The molecule has 0 fully saturated rings. The number of likely N-dealkylation sites (N-methyl/N-ethyl adjacent to an activating group) is 1. The van der Waals surface area contributed by atoms with E-state index in [9.17, 15) is 9.59 Å². The zero-order chi connectivity index (χ0) is 20.7. The number of hydrogen-bond donors (Lipinski definition) is 1. The van der Waals surface area contributed by atoms with Gasteiger partial charge in [-0.3, -0.25) is 4.79 Å². The van der Waals surface area contributed by atoms with Gasteiger partial charge >= 0.3 is 12.1 Å². The molecule has 0 radical (unpaired) electrons. The number of benzene rings is 1. The van der Waals surface area contributed by atoms with Crippen LogP contribution >= 0.6 is 0 Å². The Labute approximate surface area is 165 Å². The minimum atomic E-state index is -0.717. The Bertz CT molecular complexity index is 679. The molecule has 1 aliphatic heterocycles. The number of carbonyl (C=O) groups excluding carboxylic acids is 2. The molecule has 8 heteroatoms. The molecule has 1 amide bonds. The molecular weight excluding hydrogens is 364 g/mol. The summed E-state index contributed by atoms with van der Waals surface area (Å²) in [6, 6.07) is 4.89. The van der Waals surface area contributed by atoms with Crippen molar-refractivity contribution in [2.45, 2.75) is 52.6 Å². The first kappa shape index (κ1) is 21.8. The standard InChI is InChI=1S/C20H30N2O6/c1-5-22(20(24)28-12-27-19(23)16(21)8-13(2)3)14(4)9-15-6-7-17-18(10-15)26-11-25-17/h6-7,10,13-14,16H,5,8-9,11-12,21H2,1-4H3. The first-order chi connectivity index (χ1) is 13.3. The van der Waals surface area contributed by atoms with E-state index in [1.807, 2.05) is 45.9 Å². The summed E-state index contributed by atoms with van der Waals surface area (Å²) in [6.07, 6.45) is 0.597. The predicted molar refractivity (Wildman–Crippen MR) is 103 cm³/mol. The van der Waals surface area contributed by atoms with Crippen LogP contribution in [0, 0.1) is 5.92 Å².